The second-order valence-electron chi connectivity index (χ2n) is 5.15. The number of anilines is 1. The van der Waals surface area contributed by atoms with E-state index in [0.29, 0.717) is 22.8 Å². The van der Waals surface area contributed by atoms with Gasteiger partial charge < -0.3 is 5.32 Å². The van der Waals surface area contributed by atoms with E-state index in [-0.39, 0.29) is 0 Å². The van der Waals surface area contributed by atoms with Crippen LogP contribution in [0.15, 0.2) is 12.3 Å². The largest absolute Gasteiger partial charge is 0.378 e. The Morgan fingerprint density at radius 1 is 1.35 bits per heavy atom. The smallest absolute Gasteiger partial charge is 0.154 e. The number of rotatable bonds is 4. The molecule has 0 radical (unpaired) electrons. The molecular formula is C14H18Cl2N4. The Balaban J connectivity index is 2.21. The van der Waals surface area contributed by atoms with Crippen LogP contribution in [0.4, 0.5) is 5.69 Å². The second kappa shape index (κ2) is 6.02. The van der Waals surface area contributed by atoms with Gasteiger partial charge in [0.05, 0.1) is 11.4 Å². The number of pyridine rings is 1. The standard InChI is InChI=1S/C14H18Cl2N4/c1-8(2)12-10(7-20(4)19-12)6-17-13-9(3)5-11(15)18-14(13)16/h5,7-8,17H,6H2,1-4H3. The molecule has 20 heavy (non-hydrogen) atoms. The van der Waals surface area contributed by atoms with E-state index in [4.69, 9.17) is 23.2 Å². The average Bonchev–Trinajstić information content (AvgIpc) is 2.69. The molecule has 0 aromatic carbocycles. The Kier molecular flexibility index (Phi) is 4.55. The molecule has 108 valence electrons. The summed E-state index contributed by atoms with van der Waals surface area (Å²) in [5.41, 5.74) is 4.04. The van der Waals surface area contributed by atoms with E-state index in [0.717, 1.165) is 22.5 Å². The van der Waals surface area contributed by atoms with Crippen molar-refractivity contribution in [3.05, 3.63) is 39.4 Å². The van der Waals surface area contributed by atoms with E-state index in [9.17, 15) is 0 Å². The van der Waals surface area contributed by atoms with Crippen molar-refractivity contribution in [1.82, 2.24) is 14.8 Å². The molecule has 2 heterocycles. The van der Waals surface area contributed by atoms with Gasteiger partial charge in [0.15, 0.2) is 5.15 Å². The van der Waals surface area contributed by atoms with Crippen LogP contribution >= 0.6 is 23.2 Å². The first-order valence-corrected chi connectivity index (χ1v) is 7.23. The molecule has 2 aromatic rings. The third kappa shape index (κ3) is 3.25. The van der Waals surface area contributed by atoms with Crippen molar-refractivity contribution in [2.45, 2.75) is 33.2 Å². The molecule has 0 bridgehead atoms. The molecule has 2 aromatic heterocycles. The first-order valence-electron chi connectivity index (χ1n) is 6.47. The summed E-state index contributed by atoms with van der Waals surface area (Å²) in [4.78, 5) is 4.06. The molecule has 6 heteroatoms. The van der Waals surface area contributed by atoms with Crippen LogP contribution in [-0.4, -0.2) is 14.8 Å². The number of aromatic nitrogens is 3. The minimum Gasteiger partial charge on any atom is -0.378 e. The SMILES string of the molecule is Cc1cc(Cl)nc(Cl)c1NCc1cn(C)nc1C(C)C. The van der Waals surface area contributed by atoms with Crippen LogP contribution < -0.4 is 5.32 Å². The van der Waals surface area contributed by atoms with Crippen LogP contribution in [0.5, 0.6) is 0 Å². The molecule has 0 unspecified atom stereocenters. The molecule has 0 amide bonds. The predicted octanol–water partition coefficient (Wildman–Crippen LogP) is 4.17. The fourth-order valence-corrected chi connectivity index (χ4v) is 2.77. The Hall–Kier alpha value is -1.26. The van der Waals surface area contributed by atoms with E-state index >= 15 is 0 Å². The number of nitrogens with one attached hydrogen (secondary N) is 1. The first-order chi connectivity index (χ1) is 9.38. The van der Waals surface area contributed by atoms with Gasteiger partial charge in [-0.05, 0) is 24.5 Å². The molecule has 2 rings (SSSR count). The van der Waals surface area contributed by atoms with Crippen molar-refractivity contribution in [2.24, 2.45) is 7.05 Å². The number of hydrogen-bond donors (Lipinski definition) is 1. The lowest BCUT2D eigenvalue weighted by Gasteiger charge is -2.12. The summed E-state index contributed by atoms with van der Waals surface area (Å²) in [6.07, 6.45) is 2.02. The maximum atomic E-state index is 6.13. The maximum absolute atomic E-state index is 6.13. The third-order valence-corrected chi connectivity index (χ3v) is 3.55. The highest BCUT2D eigenvalue weighted by atomic mass is 35.5. The summed E-state index contributed by atoms with van der Waals surface area (Å²) in [5.74, 6) is 0.382. The van der Waals surface area contributed by atoms with E-state index < -0.39 is 0 Å². The molecule has 0 fully saturated rings. The van der Waals surface area contributed by atoms with Crippen LogP contribution in [0.2, 0.25) is 10.3 Å². The molecular weight excluding hydrogens is 295 g/mol. The average molecular weight is 313 g/mol. The Bertz CT molecular complexity index is 597. The molecule has 0 saturated carbocycles. The van der Waals surface area contributed by atoms with Crippen LogP contribution in [0.1, 0.15) is 36.6 Å². The van der Waals surface area contributed by atoms with Crippen molar-refractivity contribution in [3.63, 3.8) is 0 Å². The number of aryl methyl sites for hydroxylation is 2. The quantitative estimate of drug-likeness (QED) is 0.862. The van der Waals surface area contributed by atoms with Gasteiger partial charge in [-0.15, -0.1) is 0 Å². The van der Waals surface area contributed by atoms with Crippen molar-refractivity contribution in [1.29, 1.82) is 0 Å². The second-order valence-corrected chi connectivity index (χ2v) is 5.89. The molecule has 1 N–H and O–H groups in total. The molecule has 0 aliphatic carbocycles. The van der Waals surface area contributed by atoms with Crippen LogP contribution in [0, 0.1) is 6.92 Å². The van der Waals surface area contributed by atoms with E-state index in [1.165, 1.54) is 0 Å². The lowest BCUT2D eigenvalue weighted by Crippen LogP contribution is -2.05. The van der Waals surface area contributed by atoms with Gasteiger partial charge in [0.1, 0.15) is 5.15 Å². The fourth-order valence-electron chi connectivity index (χ4n) is 2.17. The minimum atomic E-state index is 0.382. The van der Waals surface area contributed by atoms with E-state index in [1.54, 1.807) is 6.07 Å². The lowest BCUT2D eigenvalue weighted by molar-refractivity contribution is 0.712. The van der Waals surface area contributed by atoms with E-state index in [1.807, 2.05) is 24.9 Å². The molecule has 0 aliphatic rings. The zero-order valence-corrected chi connectivity index (χ0v) is 13.5. The lowest BCUT2D eigenvalue weighted by atomic mass is 10.1. The van der Waals surface area contributed by atoms with Crippen molar-refractivity contribution in [2.75, 3.05) is 5.32 Å². The van der Waals surface area contributed by atoms with Crippen LogP contribution in [0.25, 0.3) is 0 Å². The van der Waals surface area contributed by atoms with Crippen molar-refractivity contribution >= 4 is 28.9 Å². The normalized spacial score (nSPS) is 11.2. The van der Waals surface area contributed by atoms with Gasteiger partial charge >= 0.3 is 0 Å². The van der Waals surface area contributed by atoms with Crippen molar-refractivity contribution in [3.8, 4) is 0 Å². The summed E-state index contributed by atoms with van der Waals surface area (Å²) >= 11 is 12.0. The van der Waals surface area contributed by atoms with Gasteiger partial charge in [0, 0.05) is 25.4 Å². The van der Waals surface area contributed by atoms with Crippen molar-refractivity contribution < 1.29 is 0 Å². The molecule has 0 saturated heterocycles. The summed E-state index contributed by atoms with van der Waals surface area (Å²) < 4.78 is 1.83. The zero-order chi connectivity index (χ0) is 14.9. The van der Waals surface area contributed by atoms with Crippen LogP contribution in [-0.2, 0) is 13.6 Å². The van der Waals surface area contributed by atoms with Gasteiger partial charge in [0.2, 0.25) is 0 Å². The van der Waals surface area contributed by atoms with Gasteiger partial charge in [-0.2, -0.15) is 5.10 Å². The monoisotopic (exact) mass is 312 g/mol. The molecule has 0 spiro atoms. The summed E-state index contributed by atoms with van der Waals surface area (Å²) in [6.45, 7) is 6.88. The Labute approximate surface area is 129 Å². The number of hydrogen-bond acceptors (Lipinski definition) is 3. The summed E-state index contributed by atoms with van der Waals surface area (Å²) in [5, 5.41) is 8.61. The van der Waals surface area contributed by atoms with Gasteiger partial charge in [-0.3, -0.25) is 4.68 Å². The minimum absolute atomic E-state index is 0.382. The highest BCUT2D eigenvalue weighted by Crippen LogP contribution is 2.27. The highest BCUT2D eigenvalue weighted by Gasteiger charge is 2.13. The Morgan fingerprint density at radius 3 is 2.65 bits per heavy atom. The first kappa shape index (κ1) is 15.1. The topological polar surface area (TPSA) is 42.7 Å². The highest BCUT2D eigenvalue weighted by molar-refractivity contribution is 6.34. The fraction of sp³-hybridized carbons (Fsp3) is 0.429. The Morgan fingerprint density at radius 2 is 2.05 bits per heavy atom. The zero-order valence-electron chi connectivity index (χ0n) is 12.0. The summed E-state index contributed by atoms with van der Waals surface area (Å²) in [7, 11) is 1.93. The van der Waals surface area contributed by atoms with Crippen LogP contribution in [0.3, 0.4) is 0 Å². The van der Waals surface area contributed by atoms with Gasteiger partial charge in [0.25, 0.3) is 0 Å². The number of nitrogens with zero attached hydrogens (tertiary/aromatic N) is 3. The molecule has 4 nitrogen and oxygen atoms in total. The molecule has 0 atom stereocenters. The predicted molar refractivity (Wildman–Crippen MR) is 83.6 cm³/mol. The van der Waals surface area contributed by atoms with Gasteiger partial charge in [-0.25, -0.2) is 4.98 Å². The third-order valence-electron chi connectivity index (χ3n) is 3.08. The van der Waals surface area contributed by atoms with E-state index in [2.05, 4.69) is 29.2 Å². The summed E-state index contributed by atoms with van der Waals surface area (Å²) in [6, 6.07) is 1.79. The maximum Gasteiger partial charge on any atom is 0.154 e. The van der Waals surface area contributed by atoms with Gasteiger partial charge in [-0.1, -0.05) is 37.0 Å². The number of halogens is 2. The molecule has 0 aliphatic heterocycles.